The zero-order chi connectivity index (χ0) is 15.9. The van der Waals surface area contributed by atoms with Gasteiger partial charge in [0.25, 0.3) is 0 Å². The maximum absolute atomic E-state index is 11.9. The number of pyridine rings is 1. The molecule has 2 rings (SSSR count). The minimum atomic E-state index is -0.329. The zero-order valence-electron chi connectivity index (χ0n) is 12.8. The molecule has 1 unspecified atom stereocenters. The summed E-state index contributed by atoms with van der Waals surface area (Å²) in [4.78, 5) is 15.9. The van der Waals surface area contributed by atoms with Crippen LogP contribution in [0.25, 0.3) is 0 Å². The number of carbonyl (C=O) groups excluding carboxylic acids is 1. The van der Waals surface area contributed by atoms with E-state index in [0.29, 0.717) is 16.8 Å². The van der Waals surface area contributed by atoms with Gasteiger partial charge in [-0.1, -0.05) is 44.0 Å². The molecule has 22 heavy (non-hydrogen) atoms. The molecule has 2 N–H and O–H groups in total. The third-order valence-corrected chi connectivity index (χ3v) is 3.65. The van der Waals surface area contributed by atoms with Gasteiger partial charge in [-0.15, -0.1) is 0 Å². The molecule has 0 spiro atoms. The lowest BCUT2D eigenvalue weighted by atomic mass is 9.96. The predicted octanol–water partition coefficient (Wildman–Crippen LogP) is 5.28. The molecule has 1 heterocycles. The summed E-state index contributed by atoms with van der Waals surface area (Å²) in [5.41, 5.74) is 2.03. The van der Waals surface area contributed by atoms with Crippen molar-refractivity contribution in [2.45, 2.75) is 32.6 Å². The van der Waals surface area contributed by atoms with Crippen LogP contribution < -0.4 is 10.6 Å². The smallest absolute Gasteiger partial charge is 0.308 e. The molecular weight excluding hydrogens is 298 g/mol. The minimum Gasteiger partial charge on any atom is -0.308 e. The molecule has 0 fully saturated rings. The molecule has 1 aromatic carbocycles. The third-order valence-electron chi connectivity index (χ3n) is 3.43. The maximum Gasteiger partial charge on any atom is 0.324 e. The van der Waals surface area contributed by atoms with Crippen LogP contribution in [0.15, 0.2) is 42.6 Å². The van der Waals surface area contributed by atoms with Gasteiger partial charge in [-0.3, -0.25) is 5.32 Å². The number of aromatic nitrogens is 1. The first kappa shape index (κ1) is 16.3. The van der Waals surface area contributed by atoms with Crippen LogP contribution in [-0.2, 0) is 0 Å². The molecular formula is C17H20ClN3O. The number of carbonyl (C=O) groups is 1. The molecule has 2 aromatic rings. The van der Waals surface area contributed by atoms with Crippen LogP contribution in [0.1, 0.15) is 38.2 Å². The Hall–Kier alpha value is -2.07. The molecule has 0 aliphatic rings. The molecule has 0 saturated heterocycles. The van der Waals surface area contributed by atoms with Crippen molar-refractivity contribution < 1.29 is 4.79 Å². The van der Waals surface area contributed by atoms with Gasteiger partial charge in [0, 0.05) is 11.9 Å². The van der Waals surface area contributed by atoms with Crippen LogP contribution >= 0.6 is 11.6 Å². The van der Waals surface area contributed by atoms with Crippen molar-refractivity contribution in [1.29, 1.82) is 0 Å². The Morgan fingerprint density at radius 3 is 2.50 bits per heavy atom. The van der Waals surface area contributed by atoms with E-state index in [1.165, 1.54) is 11.8 Å². The lowest BCUT2D eigenvalue weighted by Crippen LogP contribution is -2.20. The fraction of sp³-hybridized carbons (Fsp3) is 0.294. The highest BCUT2D eigenvalue weighted by Gasteiger charge is 2.06. The molecule has 116 valence electrons. The van der Waals surface area contributed by atoms with Gasteiger partial charge >= 0.3 is 6.03 Å². The number of rotatable bonds is 5. The van der Waals surface area contributed by atoms with E-state index in [0.717, 1.165) is 18.5 Å². The summed E-state index contributed by atoms with van der Waals surface area (Å²) in [7, 11) is 0. The monoisotopic (exact) mass is 317 g/mol. The number of nitrogens with one attached hydrogen (secondary N) is 2. The topological polar surface area (TPSA) is 54.0 Å². The average Bonchev–Trinajstić information content (AvgIpc) is 2.50. The van der Waals surface area contributed by atoms with Gasteiger partial charge in [-0.05, 0) is 42.2 Å². The van der Waals surface area contributed by atoms with Gasteiger partial charge in [0.2, 0.25) is 0 Å². The summed E-state index contributed by atoms with van der Waals surface area (Å²) in [6.07, 6.45) is 3.81. The van der Waals surface area contributed by atoms with E-state index >= 15 is 0 Å². The Morgan fingerprint density at radius 2 is 1.91 bits per heavy atom. The Balaban J connectivity index is 1.92. The highest BCUT2D eigenvalue weighted by Crippen LogP contribution is 2.22. The summed E-state index contributed by atoms with van der Waals surface area (Å²) in [5, 5.41) is 5.97. The fourth-order valence-corrected chi connectivity index (χ4v) is 2.33. The zero-order valence-corrected chi connectivity index (χ0v) is 13.5. The van der Waals surface area contributed by atoms with Crippen LogP contribution in [0, 0.1) is 0 Å². The van der Waals surface area contributed by atoms with Gasteiger partial charge in [-0.2, -0.15) is 0 Å². The van der Waals surface area contributed by atoms with Gasteiger partial charge in [0.1, 0.15) is 5.82 Å². The largest absolute Gasteiger partial charge is 0.324 e. The lowest BCUT2D eigenvalue weighted by molar-refractivity contribution is 0.262. The van der Waals surface area contributed by atoms with Crippen LogP contribution in [0.4, 0.5) is 16.3 Å². The van der Waals surface area contributed by atoms with Crippen LogP contribution in [-0.4, -0.2) is 11.0 Å². The van der Waals surface area contributed by atoms with Crippen molar-refractivity contribution >= 4 is 29.1 Å². The number of hydrogen-bond acceptors (Lipinski definition) is 2. The van der Waals surface area contributed by atoms with E-state index in [4.69, 9.17) is 11.6 Å². The molecule has 1 aromatic heterocycles. The van der Waals surface area contributed by atoms with Gasteiger partial charge in [0.05, 0.1) is 5.02 Å². The number of hydrogen-bond donors (Lipinski definition) is 2. The number of nitrogens with zero attached hydrogens (tertiary/aromatic N) is 1. The first-order chi connectivity index (χ1) is 10.6. The number of anilines is 2. The Kier molecular flexibility index (Phi) is 5.78. The molecule has 5 heteroatoms. The van der Waals surface area contributed by atoms with Crippen LogP contribution in [0.5, 0.6) is 0 Å². The van der Waals surface area contributed by atoms with Crippen molar-refractivity contribution in [3.8, 4) is 0 Å². The first-order valence-electron chi connectivity index (χ1n) is 7.38. The summed E-state index contributed by atoms with van der Waals surface area (Å²) in [6, 6.07) is 10.9. The third kappa shape index (κ3) is 4.74. The molecule has 0 saturated carbocycles. The van der Waals surface area contributed by atoms with E-state index in [2.05, 4.69) is 41.6 Å². The van der Waals surface area contributed by atoms with E-state index in [9.17, 15) is 4.79 Å². The number of benzene rings is 1. The van der Waals surface area contributed by atoms with E-state index in [-0.39, 0.29) is 6.03 Å². The second-order valence-electron chi connectivity index (χ2n) is 5.25. The van der Waals surface area contributed by atoms with E-state index in [1.54, 1.807) is 12.1 Å². The van der Waals surface area contributed by atoms with Crippen LogP contribution in [0.2, 0.25) is 5.02 Å². The normalized spacial score (nSPS) is 11.8. The number of urea groups is 1. The molecule has 0 bridgehead atoms. The fourth-order valence-electron chi connectivity index (χ4n) is 2.22. The Bertz CT molecular complexity index is 611. The standard InChI is InChI=1S/C17H20ClN3O/c1-3-4-12(2)13-5-8-15(9-6-13)20-17(22)21-16-10-7-14(18)11-19-16/h5-12H,3-4H2,1-2H3,(H2,19,20,21,22). The second kappa shape index (κ2) is 7.80. The summed E-state index contributed by atoms with van der Waals surface area (Å²) in [5.74, 6) is 0.987. The highest BCUT2D eigenvalue weighted by molar-refractivity contribution is 6.30. The minimum absolute atomic E-state index is 0.329. The first-order valence-corrected chi connectivity index (χ1v) is 7.75. The molecule has 4 nitrogen and oxygen atoms in total. The lowest BCUT2D eigenvalue weighted by Gasteiger charge is -2.12. The highest BCUT2D eigenvalue weighted by atomic mass is 35.5. The van der Waals surface area contributed by atoms with Crippen molar-refractivity contribution in [3.63, 3.8) is 0 Å². The number of halogens is 1. The molecule has 2 amide bonds. The second-order valence-corrected chi connectivity index (χ2v) is 5.69. The predicted molar refractivity (Wildman–Crippen MR) is 91.7 cm³/mol. The van der Waals surface area contributed by atoms with Gasteiger partial charge in [0.15, 0.2) is 0 Å². The van der Waals surface area contributed by atoms with E-state index < -0.39 is 0 Å². The maximum atomic E-state index is 11.9. The van der Waals surface area contributed by atoms with Crippen molar-refractivity contribution in [3.05, 3.63) is 53.2 Å². The SMILES string of the molecule is CCCC(C)c1ccc(NC(=O)Nc2ccc(Cl)cn2)cc1. The summed E-state index contributed by atoms with van der Waals surface area (Å²) >= 11 is 5.75. The Labute approximate surface area is 135 Å². The average molecular weight is 318 g/mol. The molecule has 0 aliphatic heterocycles. The Morgan fingerprint density at radius 1 is 1.18 bits per heavy atom. The quantitative estimate of drug-likeness (QED) is 0.788. The van der Waals surface area contributed by atoms with Gasteiger partial charge < -0.3 is 5.32 Å². The van der Waals surface area contributed by atoms with Crippen molar-refractivity contribution in [2.75, 3.05) is 10.6 Å². The molecule has 1 atom stereocenters. The molecule has 0 aliphatic carbocycles. The molecule has 0 radical (unpaired) electrons. The van der Waals surface area contributed by atoms with Crippen LogP contribution in [0.3, 0.4) is 0 Å². The van der Waals surface area contributed by atoms with Crippen molar-refractivity contribution in [2.24, 2.45) is 0 Å². The summed E-state index contributed by atoms with van der Waals surface area (Å²) < 4.78 is 0. The van der Waals surface area contributed by atoms with E-state index in [1.807, 2.05) is 12.1 Å². The number of amides is 2. The summed E-state index contributed by atoms with van der Waals surface area (Å²) in [6.45, 7) is 4.40. The van der Waals surface area contributed by atoms with Crippen molar-refractivity contribution in [1.82, 2.24) is 4.98 Å². The van der Waals surface area contributed by atoms with Gasteiger partial charge in [-0.25, -0.2) is 9.78 Å².